The third-order valence-corrected chi connectivity index (χ3v) is 5.03. The number of hydrogen-bond acceptors (Lipinski definition) is 3. The van der Waals surface area contributed by atoms with Crippen LogP contribution >= 0.6 is 0 Å². The standard InChI is InChI=1S/C22H28N2O2/c1-17-4-3-5-19(14-17)16-24-20(8-11-22(24)25)12-13-23-15-18-6-9-21(26-2)10-7-18/h3-7,9-10,14,20,23H,8,11-13,15-16H2,1-2H3/t20-/m1/s1. The largest absolute Gasteiger partial charge is 0.497 e. The van der Waals surface area contributed by atoms with Gasteiger partial charge in [0.15, 0.2) is 0 Å². The summed E-state index contributed by atoms with van der Waals surface area (Å²) in [7, 11) is 1.68. The predicted octanol–water partition coefficient (Wildman–Crippen LogP) is 3.67. The number of aryl methyl sites for hydroxylation is 1. The lowest BCUT2D eigenvalue weighted by atomic mass is 10.1. The molecule has 3 rings (SSSR count). The molecule has 26 heavy (non-hydrogen) atoms. The maximum atomic E-state index is 12.3. The highest BCUT2D eigenvalue weighted by Gasteiger charge is 2.30. The first-order chi connectivity index (χ1) is 12.7. The monoisotopic (exact) mass is 352 g/mol. The molecule has 1 saturated heterocycles. The van der Waals surface area contributed by atoms with Gasteiger partial charge in [-0.05, 0) is 49.6 Å². The van der Waals surface area contributed by atoms with Gasteiger partial charge in [-0.15, -0.1) is 0 Å². The highest BCUT2D eigenvalue weighted by molar-refractivity contribution is 5.78. The number of methoxy groups -OCH3 is 1. The van der Waals surface area contributed by atoms with Crippen molar-refractivity contribution in [3.05, 3.63) is 65.2 Å². The quantitative estimate of drug-likeness (QED) is 0.737. The first-order valence-corrected chi connectivity index (χ1v) is 9.34. The molecule has 0 aliphatic carbocycles. The lowest BCUT2D eigenvalue weighted by Gasteiger charge is -2.25. The number of carbonyl (C=O) groups excluding carboxylic acids is 1. The summed E-state index contributed by atoms with van der Waals surface area (Å²) >= 11 is 0. The SMILES string of the molecule is COc1ccc(CNCC[C@H]2CCC(=O)N2Cc2cccc(C)c2)cc1. The zero-order chi connectivity index (χ0) is 18.4. The van der Waals surface area contributed by atoms with Crippen molar-refractivity contribution in [2.45, 2.75) is 45.3 Å². The number of hydrogen-bond donors (Lipinski definition) is 1. The highest BCUT2D eigenvalue weighted by atomic mass is 16.5. The molecule has 138 valence electrons. The normalized spacial score (nSPS) is 16.9. The number of likely N-dealkylation sites (tertiary alicyclic amines) is 1. The van der Waals surface area contributed by atoms with E-state index in [0.29, 0.717) is 12.5 Å². The van der Waals surface area contributed by atoms with Crippen LogP contribution in [-0.2, 0) is 17.9 Å². The number of nitrogens with one attached hydrogen (secondary N) is 1. The van der Waals surface area contributed by atoms with Crippen LogP contribution < -0.4 is 10.1 Å². The zero-order valence-electron chi connectivity index (χ0n) is 15.7. The van der Waals surface area contributed by atoms with Crippen LogP contribution in [0, 0.1) is 6.92 Å². The van der Waals surface area contributed by atoms with E-state index in [9.17, 15) is 4.79 Å². The number of nitrogens with zero attached hydrogens (tertiary/aromatic N) is 1. The minimum atomic E-state index is 0.284. The van der Waals surface area contributed by atoms with Gasteiger partial charge in [-0.2, -0.15) is 0 Å². The van der Waals surface area contributed by atoms with Crippen molar-refractivity contribution < 1.29 is 9.53 Å². The molecule has 4 nitrogen and oxygen atoms in total. The topological polar surface area (TPSA) is 41.6 Å². The first kappa shape index (κ1) is 18.5. The van der Waals surface area contributed by atoms with Gasteiger partial charge in [-0.3, -0.25) is 4.79 Å². The Hall–Kier alpha value is -2.33. The lowest BCUT2D eigenvalue weighted by molar-refractivity contribution is -0.129. The van der Waals surface area contributed by atoms with Crippen molar-refractivity contribution in [1.82, 2.24) is 10.2 Å². The molecule has 0 bridgehead atoms. The Bertz CT molecular complexity index is 727. The molecule has 1 heterocycles. The summed E-state index contributed by atoms with van der Waals surface area (Å²) in [5.74, 6) is 1.16. The van der Waals surface area contributed by atoms with Gasteiger partial charge in [0.05, 0.1) is 7.11 Å². The number of carbonyl (C=O) groups is 1. The average Bonchev–Trinajstić information content (AvgIpc) is 2.99. The van der Waals surface area contributed by atoms with Gasteiger partial charge < -0.3 is 15.0 Å². The van der Waals surface area contributed by atoms with E-state index in [0.717, 1.165) is 38.2 Å². The molecule has 0 unspecified atom stereocenters. The molecule has 2 aromatic rings. The van der Waals surface area contributed by atoms with Crippen LogP contribution in [0.4, 0.5) is 0 Å². The summed E-state index contributed by atoms with van der Waals surface area (Å²) in [6, 6.07) is 16.9. The summed E-state index contributed by atoms with van der Waals surface area (Å²) in [6.45, 7) is 4.57. The Morgan fingerprint density at radius 2 is 1.96 bits per heavy atom. The Morgan fingerprint density at radius 1 is 1.15 bits per heavy atom. The molecule has 1 aliphatic rings. The number of amides is 1. The summed E-state index contributed by atoms with van der Waals surface area (Å²) in [4.78, 5) is 14.3. The molecule has 1 amide bonds. The highest BCUT2D eigenvalue weighted by Crippen LogP contribution is 2.24. The van der Waals surface area contributed by atoms with Crippen molar-refractivity contribution in [2.24, 2.45) is 0 Å². The molecule has 0 aromatic heterocycles. The summed E-state index contributed by atoms with van der Waals surface area (Å²) in [6.07, 6.45) is 2.64. The van der Waals surface area contributed by atoms with Gasteiger partial charge in [0.25, 0.3) is 0 Å². The van der Waals surface area contributed by atoms with Crippen LogP contribution in [0.1, 0.15) is 36.0 Å². The van der Waals surface area contributed by atoms with Gasteiger partial charge >= 0.3 is 0 Å². The van der Waals surface area contributed by atoms with Crippen molar-refractivity contribution in [3.63, 3.8) is 0 Å². The second-order valence-corrected chi connectivity index (χ2v) is 7.02. The van der Waals surface area contributed by atoms with Gasteiger partial charge in [0.1, 0.15) is 5.75 Å². The maximum absolute atomic E-state index is 12.3. The Kier molecular flexibility index (Phi) is 6.29. The fourth-order valence-corrected chi connectivity index (χ4v) is 3.56. The molecule has 1 N–H and O–H groups in total. The zero-order valence-corrected chi connectivity index (χ0v) is 15.7. The molecule has 1 aliphatic heterocycles. The van der Waals surface area contributed by atoms with Gasteiger partial charge in [-0.1, -0.05) is 42.0 Å². The van der Waals surface area contributed by atoms with E-state index in [-0.39, 0.29) is 5.91 Å². The molecule has 4 heteroatoms. The molecule has 0 saturated carbocycles. The van der Waals surface area contributed by atoms with Crippen molar-refractivity contribution in [2.75, 3.05) is 13.7 Å². The van der Waals surface area contributed by atoms with Crippen LogP contribution in [0.3, 0.4) is 0 Å². The second kappa shape index (κ2) is 8.86. The first-order valence-electron chi connectivity index (χ1n) is 9.34. The number of benzene rings is 2. The molecule has 0 radical (unpaired) electrons. The Balaban J connectivity index is 1.47. The molecular weight excluding hydrogens is 324 g/mol. The van der Waals surface area contributed by atoms with E-state index in [1.807, 2.05) is 12.1 Å². The molecule has 1 fully saturated rings. The van der Waals surface area contributed by atoms with Crippen LogP contribution in [0.2, 0.25) is 0 Å². The fourth-order valence-electron chi connectivity index (χ4n) is 3.56. The summed E-state index contributed by atoms with van der Waals surface area (Å²) < 4.78 is 5.18. The van der Waals surface area contributed by atoms with Gasteiger partial charge in [-0.25, -0.2) is 0 Å². The van der Waals surface area contributed by atoms with E-state index < -0.39 is 0 Å². The fraction of sp³-hybridized carbons (Fsp3) is 0.409. The van der Waals surface area contributed by atoms with E-state index in [1.165, 1.54) is 16.7 Å². The molecule has 0 spiro atoms. The third kappa shape index (κ3) is 4.85. The van der Waals surface area contributed by atoms with Crippen molar-refractivity contribution in [3.8, 4) is 5.75 Å². The van der Waals surface area contributed by atoms with Gasteiger partial charge in [0, 0.05) is 25.6 Å². The summed E-state index contributed by atoms with van der Waals surface area (Å²) in [5.41, 5.74) is 3.70. The van der Waals surface area contributed by atoms with Crippen LogP contribution in [0.15, 0.2) is 48.5 Å². The van der Waals surface area contributed by atoms with E-state index in [2.05, 4.69) is 53.5 Å². The Labute approximate surface area is 156 Å². The lowest BCUT2D eigenvalue weighted by Crippen LogP contribution is -2.34. The maximum Gasteiger partial charge on any atom is 0.223 e. The summed E-state index contributed by atoms with van der Waals surface area (Å²) in [5, 5.41) is 3.50. The van der Waals surface area contributed by atoms with Crippen LogP contribution in [0.25, 0.3) is 0 Å². The smallest absolute Gasteiger partial charge is 0.223 e. The predicted molar refractivity (Wildman–Crippen MR) is 104 cm³/mol. The number of ether oxygens (including phenoxy) is 1. The average molecular weight is 352 g/mol. The number of rotatable bonds is 8. The third-order valence-electron chi connectivity index (χ3n) is 5.03. The van der Waals surface area contributed by atoms with Crippen LogP contribution in [-0.4, -0.2) is 30.5 Å². The molecular formula is C22H28N2O2. The molecule has 1 atom stereocenters. The van der Waals surface area contributed by atoms with E-state index in [4.69, 9.17) is 4.74 Å². The van der Waals surface area contributed by atoms with Crippen molar-refractivity contribution in [1.29, 1.82) is 0 Å². The molecule has 2 aromatic carbocycles. The van der Waals surface area contributed by atoms with E-state index in [1.54, 1.807) is 7.11 Å². The minimum absolute atomic E-state index is 0.284. The van der Waals surface area contributed by atoms with Crippen LogP contribution in [0.5, 0.6) is 5.75 Å². The second-order valence-electron chi connectivity index (χ2n) is 7.02. The Morgan fingerprint density at radius 3 is 2.69 bits per heavy atom. The van der Waals surface area contributed by atoms with E-state index >= 15 is 0 Å². The van der Waals surface area contributed by atoms with Gasteiger partial charge in [0.2, 0.25) is 5.91 Å². The van der Waals surface area contributed by atoms with Crippen molar-refractivity contribution >= 4 is 5.91 Å². The minimum Gasteiger partial charge on any atom is -0.497 e.